The first-order valence-electron chi connectivity index (χ1n) is 6.13. The molecule has 0 radical (unpaired) electrons. The maximum atomic E-state index is 11.8. The molecule has 1 fully saturated rings. The highest BCUT2D eigenvalue weighted by molar-refractivity contribution is 7.91. The Labute approximate surface area is 109 Å². The molecule has 18 heavy (non-hydrogen) atoms. The van der Waals surface area contributed by atoms with Gasteiger partial charge in [0.1, 0.15) is 11.6 Å². The van der Waals surface area contributed by atoms with Gasteiger partial charge in [0.05, 0.1) is 11.5 Å². The highest BCUT2D eigenvalue weighted by atomic mass is 32.2. The molecule has 0 amide bonds. The van der Waals surface area contributed by atoms with Crippen LogP contribution >= 0.6 is 0 Å². The highest BCUT2D eigenvalue weighted by Crippen LogP contribution is 2.23. The second-order valence-electron chi connectivity index (χ2n) is 6.30. The van der Waals surface area contributed by atoms with E-state index < -0.39 is 27.0 Å². The SMILES string of the molecule is CC(NC1(C)CCS(=O)(=O)C1)C(=O)OC(C)(C)C. The van der Waals surface area contributed by atoms with Crippen LogP contribution in [0.2, 0.25) is 0 Å². The number of hydrogen-bond acceptors (Lipinski definition) is 5. The van der Waals surface area contributed by atoms with Crippen molar-refractivity contribution in [2.45, 2.75) is 58.2 Å². The molecule has 1 aliphatic rings. The van der Waals surface area contributed by atoms with E-state index in [0.717, 1.165) is 0 Å². The van der Waals surface area contributed by atoms with E-state index >= 15 is 0 Å². The van der Waals surface area contributed by atoms with Gasteiger partial charge >= 0.3 is 5.97 Å². The Hall–Kier alpha value is -0.620. The minimum atomic E-state index is -2.97. The number of sulfone groups is 1. The van der Waals surface area contributed by atoms with E-state index in [1.807, 2.05) is 6.92 Å². The van der Waals surface area contributed by atoms with Gasteiger partial charge in [0.25, 0.3) is 0 Å². The zero-order valence-electron chi connectivity index (χ0n) is 11.7. The Kier molecular flexibility index (Phi) is 4.13. The quantitative estimate of drug-likeness (QED) is 0.775. The Morgan fingerprint density at radius 3 is 2.33 bits per heavy atom. The molecule has 0 aromatic carbocycles. The number of nitrogens with one attached hydrogen (secondary N) is 1. The second-order valence-corrected chi connectivity index (χ2v) is 8.49. The standard InChI is InChI=1S/C12H23NO4S/c1-9(10(14)17-11(2,3)4)13-12(5)6-7-18(15,16)8-12/h9,13H,6-8H2,1-5H3. The smallest absolute Gasteiger partial charge is 0.323 e. The molecule has 6 heteroatoms. The van der Waals surface area contributed by atoms with Gasteiger partial charge in [0.2, 0.25) is 0 Å². The van der Waals surface area contributed by atoms with Crippen LogP contribution in [0.4, 0.5) is 0 Å². The van der Waals surface area contributed by atoms with E-state index in [2.05, 4.69) is 5.32 Å². The van der Waals surface area contributed by atoms with Gasteiger partial charge < -0.3 is 4.74 Å². The molecule has 1 aliphatic heterocycles. The summed E-state index contributed by atoms with van der Waals surface area (Å²) in [4.78, 5) is 11.8. The van der Waals surface area contributed by atoms with E-state index in [9.17, 15) is 13.2 Å². The van der Waals surface area contributed by atoms with Crippen molar-refractivity contribution in [3.63, 3.8) is 0 Å². The van der Waals surface area contributed by atoms with Crippen molar-refractivity contribution in [3.05, 3.63) is 0 Å². The topological polar surface area (TPSA) is 72.5 Å². The normalized spacial score (nSPS) is 28.9. The predicted octanol–water partition coefficient (Wildman–Crippen LogP) is 0.883. The van der Waals surface area contributed by atoms with Gasteiger partial charge in [-0.2, -0.15) is 0 Å². The molecular formula is C12H23NO4S. The van der Waals surface area contributed by atoms with Crippen molar-refractivity contribution < 1.29 is 17.9 Å². The molecule has 5 nitrogen and oxygen atoms in total. The predicted molar refractivity (Wildman–Crippen MR) is 70.1 cm³/mol. The van der Waals surface area contributed by atoms with Crippen LogP contribution in [-0.4, -0.2) is 43.1 Å². The lowest BCUT2D eigenvalue weighted by Gasteiger charge is -2.29. The maximum Gasteiger partial charge on any atom is 0.323 e. The van der Waals surface area contributed by atoms with Crippen LogP contribution in [0.15, 0.2) is 0 Å². The van der Waals surface area contributed by atoms with Gasteiger partial charge in [0.15, 0.2) is 9.84 Å². The molecule has 1 rings (SSSR count). The van der Waals surface area contributed by atoms with E-state index in [0.29, 0.717) is 6.42 Å². The molecule has 0 aromatic heterocycles. The summed E-state index contributed by atoms with van der Waals surface area (Å²) in [6.07, 6.45) is 0.530. The minimum Gasteiger partial charge on any atom is -0.459 e. The van der Waals surface area contributed by atoms with Gasteiger partial charge in [-0.3, -0.25) is 10.1 Å². The van der Waals surface area contributed by atoms with Crippen molar-refractivity contribution >= 4 is 15.8 Å². The molecule has 0 saturated carbocycles. The third kappa shape index (κ3) is 4.57. The third-order valence-electron chi connectivity index (χ3n) is 2.83. The fraction of sp³-hybridized carbons (Fsp3) is 0.917. The van der Waals surface area contributed by atoms with Crippen LogP contribution in [0.3, 0.4) is 0 Å². The minimum absolute atomic E-state index is 0.0765. The first-order valence-corrected chi connectivity index (χ1v) is 7.96. The van der Waals surface area contributed by atoms with E-state index in [1.54, 1.807) is 27.7 Å². The first kappa shape index (κ1) is 15.4. The Morgan fingerprint density at radius 1 is 1.39 bits per heavy atom. The van der Waals surface area contributed by atoms with E-state index in [-0.39, 0.29) is 17.5 Å². The summed E-state index contributed by atoms with van der Waals surface area (Å²) in [5, 5.41) is 3.08. The monoisotopic (exact) mass is 277 g/mol. The summed E-state index contributed by atoms with van der Waals surface area (Å²) in [5.74, 6) is -0.0990. The average molecular weight is 277 g/mol. The van der Waals surface area contributed by atoms with Crippen LogP contribution in [0.5, 0.6) is 0 Å². The van der Waals surface area contributed by atoms with E-state index in [4.69, 9.17) is 4.74 Å². The average Bonchev–Trinajstić information content (AvgIpc) is 2.37. The van der Waals surface area contributed by atoms with Crippen molar-refractivity contribution in [2.75, 3.05) is 11.5 Å². The molecule has 2 atom stereocenters. The van der Waals surface area contributed by atoms with Gasteiger partial charge in [-0.1, -0.05) is 0 Å². The van der Waals surface area contributed by atoms with Crippen molar-refractivity contribution in [1.29, 1.82) is 0 Å². The lowest BCUT2D eigenvalue weighted by molar-refractivity contribution is -0.157. The molecule has 1 N–H and O–H groups in total. The molecule has 1 heterocycles. The molecule has 2 unspecified atom stereocenters. The number of hydrogen-bond donors (Lipinski definition) is 1. The third-order valence-corrected chi connectivity index (χ3v) is 4.73. The van der Waals surface area contributed by atoms with Crippen molar-refractivity contribution in [1.82, 2.24) is 5.32 Å². The fourth-order valence-electron chi connectivity index (χ4n) is 2.10. The number of esters is 1. The molecule has 106 valence electrons. The van der Waals surface area contributed by atoms with Gasteiger partial charge in [-0.25, -0.2) is 8.42 Å². The lowest BCUT2D eigenvalue weighted by Crippen LogP contribution is -2.52. The second kappa shape index (κ2) is 4.81. The van der Waals surface area contributed by atoms with Crippen LogP contribution in [0.1, 0.15) is 41.0 Å². The Balaban J connectivity index is 2.60. The summed E-state index contributed by atoms with van der Waals surface area (Å²) in [6, 6.07) is -0.512. The molecule has 1 saturated heterocycles. The number of carbonyl (C=O) groups is 1. The van der Waals surface area contributed by atoms with Crippen LogP contribution in [-0.2, 0) is 19.4 Å². The zero-order valence-corrected chi connectivity index (χ0v) is 12.6. The van der Waals surface area contributed by atoms with Gasteiger partial charge in [0, 0.05) is 5.54 Å². The van der Waals surface area contributed by atoms with Gasteiger partial charge in [-0.15, -0.1) is 0 Å². The summed E-state index contributed by atoms with van der Waals surface area (Å²) >= 11 is 0. The van der Waals surface area contributed by atoms with Gasteiger partial charge in [-0.05, 0) is 41.0 Å². The molecule has 0 spiro atoms. The lowest BCUT2D eigenvalue weighted by atomic mass is 10.0. The summed E-state index contributed by atoms with van der Waals surface area (Å²) < 4.78 is 28.2. The number of ether oxygens (including phenoxy) is 1. The largest absolute Gasteiger partial charge is 0.459 e. The van der Waals surface area contributed by atoms with Crippen molar-refractivity contribution in [2.24, 2.45) is 0 Å². The zero-order chi connectivity index (χ0) is 14.2. The first-order chi connectivity index (χ1) is 7.93. The summed E-state index contributed by atoms with van der Waals surface area (Å²) in [7, 11) is -2.97. The highest BCUT2D eigenvalue weighted by Gasteiger charge is 2.40. The molecular weight excluding hydrogens is 254 g/mol. The van der Waals surface area contributed by atoms with Crippen LogP contribution < -0.4 is 5.32 Å². The molecule has 0 aliphatic carbocycles. The molecule has 0 aromatic rings. The maximum absolute atomic E-state index is 11.8. The van der Waals surface area contributed by atoms with Crippen LogP contribution in [0, 0.1) is 0 Å². The summed E-state index contributed by atoms with van der Waals surface area (Å²) in [5.41, 5.74) is -1.06. The Morgan fingerprint density at radius 2 is 1.94 bits per heavy atom. The number of carbonyl (C=O) groups excluding carboxylic acids is 1. The fourth-order valence-corrected chi connectivity index (χ4v) is 4.20. The number of rotatable bonds is 3. The molecule has 0 bridgehead atoms. The van der Waals surface area contributed by atoms with Crippen molar-refractivity contribution in [3.8, 4) is 0 Å². The summed E-state index contributed by atoms with van der Waals surface area (Å²) in [6.45, 7) is 8.95. The van der Waals surface area contributed by atoms with Crippen LogP contribution in [0.25, 0.3) is 0 Å². The Bertz CT molecular complexity index is 424. The van der Waals surface area contributed by atoms with E-state index in [1.165, 1.54) is 0 Å².